The molecule has 178 valence electrons. The number of halogens is 1. The highest BCUT2D eigenvalue weighted by Gasteiger charge is 2.28. The summed E-state index contributed by atoms with van der Waals surface area (Å²) in [6.07, 6.45) is 1.59. The van der Waals surface area contributed by atoms with E-state index in [4.69, 9.17) is 4.74 Å². The molecule has 1 aliphatic heterocycles. The Hall–Kier alpha value is -2.82. The Bertz CT molecular complexity index is 1050. The van der Waals surface area contributed by atoms with Crippen LogP contribution in [0.5, 0.6) is 0 Å². The number of ether oxygens (including phenoxy) is 1. The zero-order chi connectivity index (χ0) is 23.8. The molecule has 2 aromatic carbocycles. The topological polar surface area (TPSA) is 105 Å². The predicted molar refractivity (Wildman–Crippen MR) is 122 cm³/mol. The molecule has 0 atom stereocenters. The molecular formula is C23H28FN3O5S. The quantitative estimate of drug-likeness (QED) is 0.541. The van der Waals surface area contributed by atoms with Crippen molar-refractivity contribution in [1.82, 2.24) is 9.62 Å². The molecule has 2 amide bonds. The number of rotatable bonds is 9. The molecule has 3 rings (SSSR count). The number of benzene rings is 2. The van der Waals surface area contributed by atoms with E-state index in [-0.39, 0.29) is 29.2 Å². The second-order valence-electron chi connectivity index (χ2n) is 7.83. The summed E-state index contributed by atoms with van der Waals surface area (Å²) in [5, 5.41) is 2.82. The molecule has 2 aromatic rings. The van der Waals surface area contributed by atoms with Gasteiger partial charge >= 0.3 is 0 Å². The Balaban J connectivity index is 1.49. The van der Waals surface area contributed by atoms with Crippen LogP contribution in [0.15, 0.2) is 53.4 Å². The van der Waals surface area contributed by atoms with Crippen molar-refractivity contribution in [2.24, 2.45) is 5.92 Å². The fourth-order valence-electron chi connectivity index (χ4n) is 3.59. The molecule has 8 nitrogen and oxygen atoms in total. The molecule has 0 radical (unpaired) electrons. The molecule has 2 N–H and O–H groups in total. The van der Waals surface area contributed by atoms with Gasteiger partial charge in [-0.3, -0.25) is 9.59 Å². The number of carbonyl (C=O) groups excluding carboxylic acids is 2. The number of piperidine rings is 1. The van der Waals surface area contributed by atoms with Crippen LogP contribution in [0.4, 0.5) is 10.1 Å². The van der Waals surface area contributed by atoms with Crippen molar-refractivity contribution in [2.75, 3.05) is 38.7 Å². The Morgan fingerprint density at radius 1 is 1.06 bits per heavy atom. The van der Waals surface area contributed by atoms with E-state index in [1.54, 1.807) is 24.1 Å². The first-order chi connectivity index (χ1) is 15.8. The van der Waals surface area contributed by atoms with E-state index in [0.717, 1.165) is 0 Å². The lowest BCUT2D eigenvalue weighted by atomic mass is 9.95. The van der Waals surface area contributed by atoms with E-state index >= 15 is 0 Å². The smallest absolute Gasteiger partial charge is 0.253 e. The number of carbonyl (C=O) groups is 2. The number of anilines is 1. The van der Waals surface area contributed by atoms with Crippen LogP contribution >= 0.6 is 0 Å². The fraction of sp³-hybridized carbons (Fsp3) is 0.391. The molecule has 1 aliphatic rings. The minimum absolute atomic E-state index is 0.116. The molecule has 0 bridgehead atoms. The Labute approximate surface area is 193 Å². The van der Waals surface area contributed by atoms with E-state index in [0.29, 0.717) is 50.2 Å². The molecule has 10 heteroatoms. The summed E-state index contributed by atoms with van der Waals surface area (Å²) in [7, 11) is -2.07. The van der Waals surface area contributed by atoms with Crippen LogP contribution in [0, 0.1) is 11.7 Å². The van der Waals surface area contributed by atoms with E-state index in [1.165, 1.54) is 36.4 Å². The Kier molecular flexibility index (Phi) is 8.54. The van der Waals surface area contributed by atoms with Crippen molar-refractivity contribution in [3.63, 3.8) is 0 Å². The van der Waals surface area contributed by atoms with Gasteiger partial charge in [0.15, 0.2) is 0 Å². The van der Waals surface area contributed by atoms with Gasteiger partial charge in [0.05, 0.1) is 4.90 Å². The maximum absolute atomic E-state index is 13.1. The summed E-state index contributed by atoms with van der Waals surface area (Å²) in [6, 6.07) is 11.4. The monoisotopic (exact) mass is 477 g/mol. The summed E-state index contributed by atoms with van der Waals surface area (Å²) in [6.45, 7) is 1.60. The lowest BCUT2D eigenvalue weighted by Crippen LogP contribution is -2.41. The second-order valence-corrected chi connectivity index (χ2v) is 9.60. The van der Waals surface area contributed by atoms with Crippen LogP contribution in [0.25, 0.3) is 0 Å². The fourth-order valence-corrected chi connectivity index (χ4v) is 4.66. The van der Waals surface area contributed by atoms with Gasteiger partial charge in [-0.2, -0.15) is 0 Å². The van der Waals surface area contributed by atoms with E-state index < -0.39 is 15.8 Å². The Morgan fingerprint density at radius 2 is 1.70 bits per heavy atom. The number of hydrogen-bond donors (Lipinski definition) is 2. The van der Waals surface area contributed by atoms with Crippen molar-refractivity contribution < 1.29 is 27.1 Å². The van der Waals surface area contributed by atoms with Crippen molar-refractivity contribution >= 4 is 27.5 Å². The van der Waals surface area contributed by atoms with Crippen molar-refractivity contribution in [1.29, 1.82) is 0 Å². The number of methoxy groups -OCH3 is 1. The van der Waals surface area contributed by atoms with Crippen LogP contribution in [-0.4, -0.2) is 58.5 Å². The maximum atomic E-state index is 13.1. The van der Waals surface area contributed by atoms with Crippen LogP contribution in [-0.2, 0) is 19.6 Å². The van der Waals surface area contributed by atoms with Gasteiger partial charge in [-0.05, 0) is 67.8 Å². The van der Waals surface area contributed by atoms with E-state index in [2.05, 4.69) is 10.0 Å². The highest BCUT2D eigenvalue weighted by molar-refractivity contribution is 7.89. The van der Waals surface area contributed by atoms with Gasteiger partial charge in [0.25, 0.3) is 5.91 Å². The first-order valence-corrected chi connectivity index (χ1v) is 12.2. The molecule has 33 heavy (non-hydrogen) atoms. The number of hydrogen-bond acceptors (Lipinski definition) is 5. The van der Waals surface area contributed by atoms with Gasteiger partial charge in [-0.1, -0.05) is 0 Å². The van der Waals surface area contributed by atoms with E-state index in [1.807, 2.05) is 0 Å². The normalized spacial score (nSPS) is 14.8. The maximum Gasteiger partial charge on any atom is 0.253 e. The molecular weight excluding hydrogens is 449 g/mol. The van der Waals surface area contributed by atoms with Crippen LogP contribution in [0.1, 0.15) is 29.6 Å². The van der Waals surface area contributed by atoms with Crippen LogP contribution in [0.3, 0.4) is 0 Å². The lowest BCUT2D eigenvalue weighted by Gasteiger charge is -2.31. The van der Waals surface area contributed by atoms with Gasteiger partial charge in [-0.25, -0.2) is 17.5 Å². The summed E-state index contributed by atoms with van der Waals surface area (Å²) < 4.78 is 45.0. The third-order valence-corrected chi connectivity index (χ3v) is 6.97. The molecule has 0 aromatic heterocycles. The molecule has 1 heterocycles. The van der Waals surface area contributed by atoms with Crippen LogP contribution < -0.4 is 10.0 Å². The zero-order valence-corrected chi connectivity index (χ0v) is 19.2. The van der Waals surface area contributed by atoms with Gasteiger partial charge in [0.1, 0.15) is 5.82 Å². The molecule has 0 spiro atoms. The summed E-state index contributed by atoms with van der Waals surface area (Å²) in [5.74, 6) is -1.00. The van der Waals surface area contributed by atoms with Crippen molar-refractivity contribution in [2.45, 2.75) is 24.2 Å². The minimum atomic E-state index is -3.62. The summed E-state index contributed by atoms with van der Waals surface area (Å²) in [5.41, 5.74) is 0.922. The first-order valence-electron chi connectivity index (χ1n) is 10.7. The van der Waals surface area contributed by atoms with Crippen molar-refractivity contribution in [3.05, 3.63) is 59.9 Å². The second kappa shape index (κ2) is 11.4. The van der Waals surface area contributed by atoms with Gasteiger partial charge in [0, 0.05) is 50.5 Å². The van der Waals surface area contributed by atoms with Gasteiger partial charge < -0.3 is 15.0 Å². The number of sulfonamides is 1. The molecule has 1 fully saturated rings. The average Bonchev–Trinajstić information content (AvgIpc) is 2.82. The molecule has 0 saturated carbocycles. The minimum Gasteiger partial charge on any atom is -0.385 e. The highest BCUT2D eigenvalue weighted by Crippen LogP contribution is 2.22. The van der Waals surface area contributed by atoms with E-state index in [9.17, 15) is 22.4 Å². The van der Waals surface area contributed by atoms with Gasteiger partial charge in [0.2, 0.25) is 15.9 Å². The Morgan fingerprint density at radius 3 is 2.30 bits per heavy atom. The molecule has 0 unspecified atom stereocenters. The van der Waals surface area contributed by atoms with Gasteiger partial charge in [-0.15, -0.1) is 0 Å². The van der Waals surface area contributed by atoms with Crippen LogP contribution in [0.2, 0.25) is 0 Å². The number of nitrogens with zero attached hydrogens (tertiary/aromatic N) is 1. The summed E-state index contributed by atoms with van der Waals surface area (Å²) >= 11 is 0. The predicted octanol–water partition coefficient (Wildman–Crippen LogP) is 2.63. The highest BCUT2D eigenvalue weighted by atomic mass is 32.2. The molecule has 0 aliphatic carbocycles. The first kappa shape index (κ1) is 24.8. The summed E-state index contributed by atoms with van der Waals surface area (Å²) in [4.78, 5) is 26.9. The largest absolute Gasteiger partial charge is 0.385 e. The molecule has 1 saturated heterocycles. The average molecular weight is 478 g/mol. The number of likely N-dealkylation sites (tertiary alicyclic amines) is 1. The lowest BCUT2D eigenvalue weighted by molar-refractivity contribution is -0.121. The number of nitrogens with one attached hydrogen (secondary N) is 2. The third kappa shape index (κ3) is 6.83. The number of amides is 2. The third-order valence-electron chi connectivity index (χ3n) is 5.49. The zero-order valence-electron chi connectivity index (χ0n) is 18.4. The van der Waals surface area contributed by atoms with Crippen molar-refractivity contribution in [3.8, 4) is 0 Å². The standard InChI is InChI=1S/C23H28FN3O5S/c1-32-16-2-13-25-33(30,31)21-9-7-20(8-10-21)26-22(28)17-11-14-27(15-12-17)23(29)18-3-5-19(24)6-4-18/h3-10,17,25H,2,11-16H2,1H3,(H,26,28). The SMILES string of the molecule is COCCCNS(=O)(=O)c1ccc(NC(=O)C2CCN(C(=O)c3ccc(F)cc3)CC2)cc1.